The summed E-state index contributed by atoms with van der Waals surface area (Å²) in [4.78, 5) is 9.88. The van der Waals surface area contributed by atoms with Crippen LogP contribution in [0.2, 0.25) is 0 Å². The quantitative estimate of drug-likeness (QED) is 0.135. The molecule has 0 unspecified atom stereocenters. The van der Waals surface area contributed by atoms with Gasteiger partial charge in [-0.25, -0.2) is 0 Å². The second kappa shape index (κ2) is 18.9. The van der Waals surface area contributed by atoms with Crippen molar-refractivity contribution in [2.75, 3.05) is 0 Å². The first-order chi connectivity index (χ1) is 18.1. The fraction of sp³-hybridized carbons (Fsp3) is 0.600. The lowest BCUT2D eigenvalue weighted by molar-refractivity contribution is 0.709. The van der Waals surface area contributed by atoms with Crippen molar-refractivity contribution in [2.45, 2.75) is 137 Å². The van der Waals surface area contributed by atoms with E-state index in [1.54, 1.807) is 0 Å². The van der Waals surface area contributed by atoms with Crippen molar-refractivity contribution in [2.24, 2.45) is 9.98 Å². The highest BCUT2D eigenvalue weighted by Gasteiger charge is 2.04. The van der Waals surface area contributed by atoms with E-state index < -0.39 is 0 Å². The number of benzene rings is 2. The van der Waals surface area contributed by atoms with Gasteiger partial charge in [0.05, 0.1) is 17.1 Å². The molecule has 2 aromatic rings. The normalized spacial score (nSPS) is 12.1. The Balaban J connectivity index is 2.21. The molecule has 0 heterocycles. The van der Waals surface area contributed by atoms with Crippen molar-refractivity contribution in [3.05, 3.63) is 58.7 Å². The lowest BCUT2D eigenvalue weighted by Gasteiger charge is -2.09. The number of hydrogen-bond donors (Lipinski definition) is 0. The van der Waals surface area contributed by atoms with Crippen molar-refractivity contribution in [3.8, 4) is 0 Å². The van der Waals surface area contributed by atoms with E-state index in [4.69, 9.17) is 9.98 Å². The van der Waals surface area contributed by atoms with Crippen LogP contribution in [-0.4, -0.2) is 11.9 Å². The molecule has 0 spiro atoms. The van der Waals surface area contributed by atoms with E-state index in [9.17, 15) is 0 Å². The maximum absolute atomic E-state index is 4.99. The first-order valence-electron chi connectivity index (χ1n) is 15.4. The van der Waals surface area contributed by atoms with Crippen LogP contribution >= 0.6 is 0 Å². The number of unbranched alkanes of at least 4 members (excludes halogenated alkanes) is 8. The Morgan fingerprint density at radius 3 is 1.22 bits per heavy atom. The first kappa shape index (κ1) is 31.0. The molecule has 0 saturated carbocycles. The minimum absolute atomic E-state index is 0.967. The van der Waals surface area contributed by atoms with Gasteiger partial charge in [-0.05, 0) is 105 Å². The number of aliphatic imine (C=N–C) groups is 2. The smallest absolute Gasteiger partial charge is 0.0638 e. The molecule has 0 fully saturated rings. The van der Waals surface area contributed by atoms with Crippen molar-refractivity contribution < 1.29 is 0 Å². The Hall–Kier alpha value is -2.22. The maximum Gasteiger partial charge on any atom is 0.0638 e. The molecule has 204 valence electrons. The molecule has 0 bridgehead atoms. The van der Waals surface area contributed by atoms with Crippen LogP contribution in [-0.2, 0) is 25.7 Å². The van der Waals surface area contributed by atoms with Crippen molar-refractivity contribution in [1.29, 1.82) is 0 Å². The van der Waals surface area contributed by atoms with Gasteiger partial charge in [0, 0.05) is 6.21 Å². The van der Waals surface area contributed by atoms with Crippen LogP contribution in [0.25, 0.3) is 0 Å². The molecule has 0 radical (unpaired) electrons. The summed E-state index contributed by atoms with van der Waals surface area (Å²) in [6.45, 7) is 11.2. The van der Waals surface area contributed by atoms with Crippen LogP contribution in [0.15, 0.2) is 46.4 Å². The van der Waals surface area contributed by atoms with Crippen LogP contribution in [0.3, 0.4) is 0 Å². The minimum atomic E-state index is 0.967. The topological polar surface area (TPSA) is 24.7 Å². The summed E-state index contributed by atoms with van der Waals surface area (Å²) >= 11 is 0. The van der Waals surface area contributed by atoms with Gasteiger partial charge in [0.1, 0.15) is 0 Å². The van der Waals surface area contributed by atoms with Crippen molar-refractivity contribution >= 4 is 23.3 Å². The predicted molar refractivity (Wildman–Crippen MR) is 167 cm³/mol. The van der Waals surface area contributed by atoms with Crippen LogP contribution < -0.4 is 0 Å². The molecule has 0 aromatic heterocycles. The Morgan fingerprint density at radius 2 is 0.865 bits per heavy atom. The SMILES string of the molecule is CCCCCc1cc(CCCCC)cc(N=CC(C)=Nc2cc(CCCCC)cc(CCCCC)c2)c1. The summed E-state index contributed by atoms with van der Waals surface area (Å²) in [5, 5.41) is 0. The van der Waals surface area contributed by atoms with Gasteiger partial charge < -0.3 is 0 Å². The number of aryl methyl sites for hydroxylation is 4. The van der Waals surface area contributed by atoms with Gasteiger partial charge in [-0.15, -0.1) is 0 Å². The van der Waals surface area contributed by atoms with Crippen molar-refractivity contribution in [3.63, 3.8) is 0 Å². The molecule has 2 heteroatoms. The second-order valence-electron chi connectivity index (χ2n) is 10.9. The Kier molecular flexibility index (Phi) is 15.9. The second-order valence-corrected chi connectivity index (χ2v) is 10.9. The predicted octanol–water partition coefficient (Wildman–Crippen LogP) is 11.1. The summed E-state index contributed by atoms with van der Waals surface area (Å²) in [5.74, 6) is 0. The summed E-state index contributed by atoms with van der Waals surface area (Å²) < 4.78 is 0. The number of rotatable bonds is 19. The lowest BCUT2D eigenvalue weighted by Crippen LogP contribution is -1.95. The fourth-order valence-electron chi connectivity index (χ4n) is 4.92. The van der Waals surface area contributed by atoms with Crippen LogP contribution in [0.1, 0.15) is 134 Å². The average Bonchev–Trinajstić information content (AvgIpc) is 2.88. The fourth-order valence-corrected chi connectivity index (χ4v) is 4.92. The van der Waals surface area contributed by atoms with E-state index in [-0.39, 0.29) is 0 Å². The van der Waals surface area contributed by atoms with Crippen molar-refractivity contribution in [1.82, 2.24) is 0 Å². The van der Waals surface area contributed by atoms with Gasteiger partial charge in [-0.2, -0.15) is 0 Å². The van der Waals surface area contributed by atoms with Gasteiger partial charge in [-0.3, -0.25) is 9.98 Å². The van der Waals surface area contributed by atoms with E-state index in [1.807, 2.05) is 6.21 Å². The third kappa shape index (κ3) is 13.2. The number of nitrogens with zero attached hydrogens (tertiary/aromatic N) is 2. The van der Waals surface area contributed by atoms with Crippen LogP contribution in [0, 0.1) is 0 Å². The van der Waals surface area contributed by atoms with Gasteiger partial charge >= 0.3 is 0 Å². The molecule has 0 atom stereocenters. The van der Waals surface area contributed by atoms with E-state index in [0.717, 1.165) is 42.8 Å². The molecule has 0 aliphatic carbocycles. The van der Waals surface area contributed by atoms with Gasteiger partial charge in [0.2, 0.25) is 0 Å². The summed E-state index contributed by atoms with van der Waals surface area (Å²) in [5.41, 5.74) is 8.85. The maximum atomic E-state index is 4.99. The zero-order valence-corrected chi connectivity index (χ0v) is 24.7. The molecule has 2 rings (SSSR count). The molecular formula is C35H54N2. The van der Waals surface area contributed by atoms with E-state index in [2.05, 4.69) is 71.0 Å². The highest BCUT2D eigenvalue weighted by molar-refractivity contribution is 6.30. The minimum Gasteiger partial charge on any atom is -0.255 e. The van der Waals surface area contributed by atoms with Gasteiger partial charge in [0.15, 0.2) is 0 Å². The Bertz CT molecular complexity index is 897. The molecule has 0 saturated heterocycles. The van der Waals surface area contributed by atoms with E-state index >= 15 is 0 Å². The molecule has 2 aromatic carbocycles. The van der Waals surface area contributed by atoms with E-state index in [1.165, 1.54) is 99.3 Å². The summed E-state index contributed by atoms with van der Waals surface area (Å²) in [6.07, 6.45) is 21.8. The summed E-state index contributed by atoms with van der Waals surface area (Å²) in [6, 6.07) is 14.0. The zero-order valence-electron chi connectivity index (χ0n) is 24.7. The summed E-state index contributed by atoms with van der Waals surface area (Å²) in [7, 11) is 0. The lowest BCUT2D eigenvalue weighted by atomic mass is 10.00. The third-order valence-electron chi connectivity index (χ3n) is 7.06. The Labute approximate surface area is 229 Å². The monoisotopic (exact) mass is 502 g/mol. The van der Waals surface area contributed by atoms with E-state index in [0.29, 0.717) is 0 Å². The molecule has 0 N–H and O–H groups in total. The average molecular weight is 503 g/mol. The molecule has 0 amide bonds. The molecule has 0 aliphatic rings. The molecule has 37 heavy (non-hydrogen) atoms. The largest absolute Gasteiger partial charge is 0.255 e. The first-order valence-corrected chi connectivity index (χ1v) is 15.4. The number of hydrogen-bond acceptors (Lipinski definition) is 2. The van der Waals surface area contributed by atoms with Crippen LogP contribution in [0.5, 0.6) is 0 Å². The highest BCUT2D eigenvalue weighted by atomic mass is 14.8. The molecule has 0 aliphatic heterocycles. The molecular weight excluding hydrogens is 448 g/mol. The van der Waals surface area contributed by atoms with Gasteiger partial charge in [0.25, 0.3) is 0 Å². The molecule has 2 nitrogen and oxygen atoms in total. The zero-order chi connectivity index (χ0) is 26.7. The highest BCUT2D eigenvalue weighted by Crippen LogP contribution is 2.23. The van der Waals surface area contributed by atoms with Crippen LogP contribution in [0.4, 0.5) is 11.4 Å². The van der Waals surface area contributed by atoms with Gasteiger partial charge in [-0.1, -0.05) is 91.2 Å². The standard InChI is InChI=1S/C35H54N2/c1-6-10-14-18-30-22-31(19-15-11-7-2)25-34(24-30)36-28-29(5)37-35-26-32(20-16-12-8-3)23-33(27-35)21-17-13-9-4/h22-28H,6-21H2,1-5H3. The Morgan fingerprint density at radius 1 is 0.514 bits per heavy atom. The third-order valence-corrected chi connectivity index (χ3v) is 7.06.